The lowest BCUT2D eigenvalue weighted by atomic mass is 10.2. The molecule has 2 rings (SSSR count). The molecule has 0 atom stereocenters. The first-order valence-electron chi connectivity index (χ1n) is 6.86. The molecule has 1 aromatic heterocycles. The Bertz CT molecular complexity index is 616. The number of hydrogen-bond acceptors (Lipinski definition) is 3. The van der Waals surface area contributed by atoms with Crippen molar-refractivity contribution in [3.8, 4) is 5.75 Å². The summed E-state index contributed by atoms with van der Waals surface area (Å²) in [6, 6.07) is 11.8. The summed E-state index contributed by atoms with van der Waals surface area (Å²) in [6.45, 7) is 5.29. The largest absolute Gasteiger partial charge is 0.494 e. The molecule has 21 heavy (non-hydrogen) atoms. The van der Waals surface area contributed by atoms with E-state index in [2.05, 4.69) is 15.6 Å². The van der Waals surface area contributed by atoms with E-state index in [1.54, 1.807) is 6.20 Å². The van der Waals surface area contributed by atoms with Crippen molar-refractivity contribution >= 4 is 23.1 Å². The minimum Gasteiger partial charge on any atom is -0.494 e. The van der Waals surface area contributed by atoms with E-state index >= 15 is 0 Å². The SMILES string of the molecule is CCOc1cccc(CNC(=S)Nc2cc(C)ccn2)c1. The number of benzene rings is 1. The van der Waals surface area contributed by atoms with Crippen molar-refractivity contribution in [3.63, 3.8) is 0 Å². The fraction of sp³-hybridized carbons (Fsp3) is 0.250. The van der Waals surface area contributed by atoms with Gasteiger partial charge in [-0.2, -0.15) is 0 Å². The second-order valence-corrected chi connectivity index (χ2v) is 5.01. The van der Waals surface area contributed by atoms with E-state index in [0.29, 0.717) is 18.3 Å². The van der Waals surface area contributed by atoms with Crippen LogP contribution in [-0.2, 0) is 6.54 Å². The Labute approximate surface area is 130 Å². The van der Waals surface area contributed by atoms with Gasteiger partial charge in [0.15, 0.2) is 5.11 Å². The number of ether oxygens (including phenoxy) is 1. The first-order valence-corrected chi connectivity index (χ1v) is 7.27. The molecule has 2 aromatic rings. The molecule has 0 saturated heterocycles. The van der Waals surface area contributed by atoms with Gasteiger partial charge in [0.25, 0.3) is 0 Å². The highest BCUT2D eigenvalue weighted by molar-refractivity contribution is 7.80. The van der Waals surface area contributed by atoms with Gasteiger partial charge in [0, 0.05) is 12.7 Å². The Hall–Kier alpha value is -2.14. The third-order valence-electron chi connectivity index (χ3n) is 2.82. The molecule has 2 N–H and O–H groups in total. The van der Waals surface area contributed by atoms with Crippen molar-refractivity contribution in [1.82, 2.24) is 10.3 Å². The van der Waals surface area contributed by atoms with Crippen LogP contribution in [0.2, 0.25) is 0 Å². The van der Waals surface area contributed by atoms with E-state index in [4.69, 9.17) is 17.0 Å². The third kappa shape index (κ3) is 5.04. The topological polar surface area (TPSA) is 46.2 Å². The lowest BCUT2D eigenvalue weighted by Crippen LogP contribution is -2.28. The highest BCUT2D eigenvalue weighted by Gasteiger charge is 2.01. The van der Waals surface area contributed by atoms with Crippen LogP contribution in [-0.4, -0.2) is 16.7 Å². The smallest absolute Gasteiger partial charge is 0.172 e. The summed E-state index contributed by atoms with van der Waals surface area (Å²) in [5, 5.41) is 6.78. The fourth-order valence-corrected chi connectivity index (χ4v) is 2.04. The van der Waals surface area contributed by atoms with E-state index in [1.165, 1.54) is 0 Å². The predicted molar refractivity (Wildman–Crippen MR) is 89.6 cm³/mol. The molecule has 1 aromatic carbocycles. The highest BCUT2D eigenvalue weighted by Crippen LogP contribution is 2.13. The summed E-state index contributed by atoms with van der Waals surface area (Å²) in [6.07, 6.45) is 1.76. The Morgan fingerprint density at radius 3 is 2.90 bits per heavy atom. The molecule has 0 saturated carbocycles. The molecule has 5 heteroatoms. The van der Waals surface area contributed by atoms with E-state index in [-0.39, 0.29) is 0 Å². The molecule has 4 nitrogen and oxygen atoms in total. The molecule has 0 spiro atoms. The molecule has 0 aliphatic heterocycles. The van der Waals surface area contributed by atoms with Crippen LogP contribution < -0.4 is 15.4 Å². The highest BCUT2D eigenvalue weighted by atomic mass is 32.1. The van der Waals surface area contributed by atoms with Gasteiger partial charge >= 0.3 is 0 Å². The zero-order valence-corrected chi connectivity index (χ0v) is 13.0. The molecule has 110 valence electrons. The standard InChI is InChI=1S/C16H19N3OS/c1-3-20-14-6-4-5-13(10-14)11-18-16(21)19-15-9-12(2)7-8-17-15/h4-10H,3,11H2,1-2H3,(H2,17,18,19,21). The first-order chi connectivity index (χ1) is 10.2. The first kappa shape index (κ1) is 15.3. The number of thiocarbonyl (C=S) groups is 1. The van der Waals surface area contributed by atoms with Crippen molar-refractivity contribution in [1.29, 1.82) is 0 Å². The predicted octanol–water partition coefficient (Wildman–Crippen LogP) is 3.28. The second-order valence-electron chi connectivity index (χ2n) is 4.61. The molecule has 0 unspecified atom stereocenters. The molecule has 1 heterocycles. The molecule has 0 amide bonds. The van der Waals surface area contributed by atoms with Gasteiger partial charge in [-0.1, -0.05) is 12.1 Å². The third-order valence-corrected chi connectivity index (χ3v) is 3.07. The minimum absolute atomic E-state index is 0.551. The number of nitrogens with zero attached hydrogens (tertiary/aromatic N) is 1. The summed E-state index contributed by atoms with van der Waals surface area (Å²) in [4.78, 5) is 4.21. The number of aryl methyl sites for hydroxylation is 1. The Morgan fingerprint density at radius 2 is 2.14 bits per heavy atom. The van der Waals surface area contributed by atoms with Gasteiger partial charge in [-0.15, -0.1) is 0 Å². The van der Waals surface area contributed by atoms with Gasteiger partial charge in [-0.05, 0) is 61.5 Å². The normalized spacial score (nSPS) is 10.0. The van der Waals surface area contributed by atoms with E-state index in [9.17, 15) is 0 Å². The van der Waals surface area contributed by atoms with E-state index in [1.807, 2.05) is 50.2 Å². The number of anilines is 1. The van der Waals surface area contributed by atoms with Crippen LogP contribution in [0.25, 0.3) is 0 Å². The van der Waals surface area contributed by atoms with Crippen LogP contribution in [0.5, 0.6) is 5.75 Å². The maximum absolute atomic E-state index is 5.48. The molecule has 0 fully saturated rings. The van der Waals surface area contributed by atoms with Crippen molar-refractivity contribution in [2.75, 3.05) is 11.9 Å². The van der Waals surface area contributed by atoms with Crippen LogP contribution in [0.3, 0.4) is 0 Å². The minimum atomic E-state index is 0.551. The van der Waals surface area contributed by atoms with E-state index in [0.717, 1.165) is 22.7 Å². The summed E-state index contributed by atoms with van der Waals surface area (Å²) in [7, 11) is 0. The second kappa shape index (κ2) is 7.59. The lowest BCUT2D eigenvalue weighted by Gasteiger charge is -2.11. The van der Waals surface area contributed by atoms with E-state index < -0.39 is 0 Å². The molecular formula is C16H19N3OS. The van der Waals surface area contributed by atoms with Crippen molar-refractivity contribution in [2.45, 2.75) is 20.4 Å². The van der Waals surface area contributed by atoms with Gasteiger partial charge in [0.2, 0.25) is 0 Å². The molecule has 0 aliphatic rings. The van der Waals surface area contributed by atoms with Gasteiger partial charge in [-0.25, -0.2) is 4.98 Å². The maximum Gasteiger partial charge on any atom is 0.172 e. The van der Waals surface area contributed by atoms with Crippen LogP contribution >= 0.6 is 12.2 Å². The van der Waals surface area contributed by atoms with Crippen LogP contribution in [0.1, 0.15) is 18.1 Å². The zero-order chi connectivity index (χ0) is 15.1. The average Bonchev–Trinajstić information content (AvgIpc) is 2.46. The number of nitrogens with one attached hydrogen (secondary N) is 2. The Balaban J connectivity index is 1.87. The Morgan fingerprint density at radius 1 is 1.29 bits per heavy atom. The summed E-state index contributed by atoms with van der Waals surface area (Å²) in [5.41, 5.74) is 2.25. The summed E-state index contributed by atoms with van der Waals surface area (Å²) in [5.74, 6) is 1.62. The molecular weight excluding hydrogens is 282 g/mol. The quantitative estimate of drug-likeness (QED) is 0.830. The molecule has 0 bridgehead atoms. The number of pyridine rings is 1. The average molecular weight is 301 g/mol. The number of hydrogen-bond donors (Lipinski definition) is 2. The maximum atomic E-state index is 5.48. The van der Waals surface area contributed by atoms with Crippen LogP contribution in [0, 0.1) is 6.92 Å². The molecule has 0 aliphatic carbocycles. The van der Waals surface area contributed by atoms with Crippen molar-refractivity contribution < 1.29 is 4.74 Å². The lowest BCUT2D eigenvalue weighted by molar-refractivity contribution is 0.340. The van der Waals surface area contributed by atoms with Crippen LogP contribution in [0.4, 0.5) is 5.82 Å². The summed E-state index contributed by atoms with van der Waals surface area (Å²) >= 11 is 5.27. The Kier molecular flexibility index (Phi) is 5.51. The monoisotopic (exact) mass is 301 g/mol. The summed E-state index contributed by atoms with van der Waals surface area (Å²) < 4.78 is 5.48. The molecule has 0 radical (unpaired) electrons. The number of aromatic nitrogens is 1. The van der Waals surface area contributed by atoms with Crippen molar-refractivity contribution in [3.05, 3.63) is 53.7 Å². The van der Waals surface area contributed by atoms with Gasteiger partial charge < -0.3 is 15.4 Å². The van der Waals surface area contributed by atoms with Gasteiger partial charge in [-0.3, -0.25) is 0 Å². The van der Waals surface area contributed by atoms with Gasteiger partial charge in [0.05, 0.1) is 6.61 Å². The fourth-order valence-electron chi connectivity index (χ4n) is 1.86. The van der Waals surface area contributed by atoms with Gasteiger partial charge in [0.1, 0.15) is 11.6 Å². The van der Waals surface area contributed by atoms with Crippen LogP contribution in [0.15, 0.2) is 42.6 Å². The van der Waals surface area contributed by atoms with Crippen molar-refractivity contribution in [2.24, 2.45) is 0 Å². The zero-order valence-electron chi connectivity index (χ0n) is 12.2. The number of rotatable bonds is 5.